The van der Waals surface area contributed by atoms with E-state index in [1.807, 2.05) is 4.90 Å². The van der Waals surface area contributed by atoms with E-state index in [0.29, 0.717) is 37.5 Å². The van der Waals surface area contributed by atoms with Gasteiger partial charge in [0.25, 0.3) is 5.91 Å². The van der Waals surface area contributed by atoms with Crippen molar-refractivity contribution in [1.82, 2.24) is 4.98 Å². The molecule has 6 nitrogen and oxygen atoms in total. The van der Waals surface area contributed by atoms with Crippen LogP contribution >= 0.6 is 0 Å². The van der Waals surface area contributed by atoms with Crippen LogP contribution in [0.5, 0.6) is 0 Å². The van der Waals surface area contributed by atoms with E-state index in [4.69, 9.17) is 15.7 Å². The van der Waals surface area contributed by atoms with Gasteiger partial charge in [0.05, 0.1) is 24.7 Å². The number of carbonyl (C=O) groups excluding carboxylic acids is 1. The fraction of sp³-hybridized carbons (Fsp3) is 0.417. The highest BCUT2D eigenvalue weighted by molar-refractivity contribution is 5.97. The molecule has 1 aromatic heterocycles. The maximum atomic E-state index is 11.3. The summed E-state index contributed by atoms with van der Waals surface area (Å²) in [6.45, 7) is 1.52. The molecule has 0 aromatic carbocycles. The van der Waals surface area contributed by atoms with Gasteiger partial charge in [0.2, 0.25) is 0 Å². The molecule has 0 aliphatic carbocycles. The van der Waals surface area contributed by atoms with Crippen LogP contribution in [-0.4, -0.2) is 37.7 Å². The van der Waals surface area contributed by atoms with Crippen molar-refractivity contribution in [2.75, 3.05) is 31.7 Å². The number of nitrogens with zero attached hydrogens (tertiary/aromatic N) is 3. The third-order valence-corrected chi connectivity index (χ3v) is 2.41. The molecule has 0 aliphatic rings. The van der Waals surface area contributed by atoms with E-state index in [1.165, 1.54) is 0 Å². The number of nitriles is 1. The summed E-state index contributed by atoms with van der Waals surface area (Å²) in [7, 11) is 1.59. The third kappa shape index (κ3) is 3.71. The van der Waals surface area contributed by atoms with E-state index in [1.54, 1.807) is 25.4 Å². The van der Waals surface area contributed by atoms with Crippen molar-refractivity contribution in [2.45, 2.75) is 6.42 Å². The number of anilines is 1. The SMILES string of the molecule is COCCN(CCC#N)c1ncccc1C(N)=O. The van der Waals surface area contributed by atoms with Gasteiger partial charge in [-0.25, -0.2) is 4.98 Å². The Bertz CT molecular complexity index is 442. The summed E-state index contributed by atoms with van der Waals surface area (Å²) in [6, 6.07) is 5.34. The Morgan fingerprint density at radius 1 is 1.61 bits per heavy atom. The Labute approximate surface area is 106 Å². The van der Waals surface area contributed by atoms with Crippen LogP contribution in [0.4, 0.5) is 5.82 Å². The number of hydrogen-bond donors (Lipinski definition) is 1. The summed E-state index contributed by atoms with van der Waals surface area (Å²) in [6.07, 6.45) is 1.94. The molecule has 0 saturated carbocycles. The average Bonchev–Trinajstić information content (AvgIpc) is 2.39. The Morgan fingerprint density at radius 2 is 2.39 bits per heavy atom. The lowest BCUT2D eigenvalue weighted by Crippen LogP contribution is -2.31. The van der Waals surface area contributed by atoms with Gasteiger partial charge in [-0.1, -0.05) is 0 Å². The van der Waals surface area contributed by atoms with Gasteiger partial charge in [-0.3, -0.25) is 4.79 Å². The molecular weight excluding hydrogens is 232 g/mol. The first-order valence-electron chi connectivity index (χ1n) is 5.56. The molecule has 0 bridgehead atoms. The molecule has 1 aromatic rings. The number of hydrogen-bond acceptors (Lipinski definition) is 5. The van der Waals surface area contributed by atoms with Gasteiger partial charge < -0.3 is 15.4 Å². The number of nitrogens with two attached hydrogens (primary N) is 1. The average molecular weight is 248 g/mol. The first-order valence-corrected chi connectivity index (χ1v) is 5.56. The minimum atomic E-state index is -0.530. The summed E-state index contributed by atoms with van der Waals surface area (Å²) >= 11 is 0. The molecule has 0 radical (unpaired) electrons. The van der Waals surface area contributed by atoms with E-state index < -0.39 is 5.91 Å². The van der Waals surface area contributed by atoms with E-state index in [-0.39, 0.29) is 0 Å². The first-order chi connectivity index (χ1) is 8.70. The quantitative estimate of drug-likeness (QED) is 0.760. The van der Waals surface area contributed by atoms with Crippen molar-refractivity contribution in [3.05, 3.63) is 23.9 Å². The lowest BCUT2D eigenvalue weighted by Gasteiger charge is -2.23. The zero-order valence-electron chi connectivity index (χ0n) is 10.3. The normalized spacial score (nSPS) is 9.78. The molecule has 0 spiro atoms. The maximum absolute atomic E-state index is 11.3. The van der Waals surface area contributed by atoms with E-state index in [0.717, 1.165) is 0 Å². The third-order valence-electron chi connectivity index (χ3n) is 2.41. The van der Waals surface area contributed by atoms with Crippen LogP contribution in [0.2, 0.25) is 0 Å². The molecular formula is C12H16N4O2. The van der Waals surface area contributed by atoms with Crippen molar-refractivity contribution in [3.63, 3.8) is 0 Å². The standard InChI is InChI=1S/C12H16N4O2/c1-18-9-8-16(7-3-5-13)12-10(11(14)17)4-2-6-15-12/h2,4,6H,3,7-9H2,1H3,(H2,14,17). The second-order valence-corrected chi connectivity index (χ2v) is 3.63. The lowest BCUT2D eigenvalue weighted by molar-refractivity contribution is 0.100. The zero-order chi connectivity index (χ0) is 13.4. The predicted octanol–water partition coefficient (Wildman–Crippen LogP) is 0.547. The second kappa shape index (κ2) is 7.25. The van der Waals surface area contributed by atoms with Gasteiger partial charge in [0.1, 0.15) is 5.82 Å². The maximum Gasteiger partial charge on any atom is 0.252 e. The monoisotopic (exact) mass is 248 g/mol. The summed E-state index contributed by atoms with van der Waals surface area (Å²) in [5, 5.41) is 8.65. The number of amides is 1. The predicted molar refractivity (Wildman–Crippen MR) is 67.1 cm³/mol. The van der Waals surface area contributed by atoms with Crippen molar-refractivity contribution in [1.29, 1.82) is 5.26 Å². The van der Waals surface area contributed by atoms with E-state index in [2.05, 4.69) is 11.1 Å². The van der Waals surface area contributed by atoms with Crippen LogP contribution in [0.25, 0.3) is 0 Å². The molecule has 2 N–H and O–H groups in total. The number of carbonyl (C=O) groups is 1. The van der Waals surface area contributed by atoms with Crippen LogP contribution < -0.4 is 10.6 Å². The molecule has 0 fully saturated rings. The van der Waals surface area contributed by atoms with Crippen LogP contribution in [-0.2, 0) is 4.74 Å². The van der Waals surface area contributed by atoms with Gasteiger partial charge >= 0.3 is 0 Å². The molecule has 0 atom stereocenters. The topological polar surface area (TPSA) is 92.2 Å². The molecule has 18 heavy (non-hydrogen) atoms. The van der Waals surface area contributed by atoms with Crippen LogP contribution in [0.3, 0.4) is 0 Å². The Kier molecular flexibility index (Phi) is 5.61. The molecule has 1 rings (SSSR count). The van der Waals surface area contributed by atoms with Crippen LogP contribution in [0.1, 0.15) is 16.8 Å². The highest BCUT2D eigenvalue weighted by atomic mass is 16.5. The summed E-state index contributed by atoms with van der Waals surface area (Å²) < 4.78 is 5.01. The minimum Gasteiger partial charge on any atom is -0.383 e. The number of aromatic nitrogens is 1. The van der Waals surface area contributed by atoms with Gasteiger partial charge in [0.15, 0.2) is 0 Å². The van der Waals surface area contributed by atoms with Gasteiger partial charge in [-0.15, -0.1) is 0 Å². The van der Waals surface area contributed by atoms with Gasteiger partial charge in [-0.2, -0.15) is 5.26 Å². The van der Waals surface area contributed by atoms with Crippen molar-refractivity contribution >= 4 is 11.7 Å². The minimum absolute atomic E-state index is 0.346. The van der Waals surface area contributed by atoms with Crippen LogP contribution in [0.15, 0.2) is 18.3 Å². The van der Waals surface area contributed by atoms with Crippen LogP contribution in [0, 0.1) is 11.3 Å². The molecule has 1 heterocycles. The zero-order valence-corrected chi connectivity index (χ0v) is 10.3. The highest BCUT2D eigenvalue weighted by Crippen LogP contribution is 2.16. The molecule has 6 heteroatoms. The number of rotatable bonds is 7. The highest BCUT2D eigenvalue weighted by Gasteiger charge is 2.15. The van der Waals surface area contributed by atoms with Gasteiger partial charge in [0, 0.05) is 26.4 Å². The second-order valence-electron chi connectivity index (χ2n) is 3.63. The smallest absolute Gasteiger partial charge is 0.252 e. The summed E-state index contributed by atoms with van der Waals surface area (Å²) in [5.74, 6) is -0.0326. The lowest BCUT2D eigenvalue weighted by atomic mass is 10.2. The fourth-order valence-corrected chi connectivity index (χ4v) is 1.55. The van der Waals surface area contributed by atoms with Crippen molar-refractivity contribution in [2.24, 2.45) is 5.73 Å². The molecule has 0 saturated heterocycles. The van der Waals surface area contributed by atoms with E-state index in [9.17, 15) is 4.79 Å². The number of ether oxygens (including phenoxy) is 1. The first kappa shape index (κ1) is 13.9. The number of pyridine rings is 1. The molecule has 0 aliphatic heterocycles. The number of methoxy groups -OCH3 is 1. The largest absolute Gasteiger partial charge is 0.383 e. The molecule has 0 unspecified atom stereocenters. The van der Waals surface area contributed by atoms with Gasteiger partial charge in [-0.05, 0) is 12.1 Å². The van der Waals surface area contributed by atoms with Crippen molar-refractivity contribution in [3.8, 4) is 6.07 Å². The molecule has 1 amide bonds. The van der Waals surface area contributed by atoms with E-state index >= 15 is 0 Å². The fourth-order valence-electron chi connectivity index (χ4n) is 1.55. The Morgan fingerprint density at radius 3 is 3.00 bits per heavy atom. The summed E-state index contributed by atoms with van der Waals surface area (Å²) in [4.78, 5) is 17.3. The summed E-state index contributed by atoms with van der Waals surface area (Å²) in [5.41, 5.74) is 5.66. The Hall–Kier alpha value is -2.13. The molecule has 96 valence electrons. The van der Waals surface area contributed by atoms with Crippen molar-refractivity contribution < 1.29 is 9.53 Å². The Balaban J connectivity index is 2.96. The number of primary amides is 1.